The van der Waals surface area contributed by atoms with E-state index in [1.165, 1.54) is 12.1 Å². The molecule has 35 heavy (non-hydrogen) atoms. The number of hydrogen-bond acceptors (Lipinski definition) is 6. The first-order valence-corrected chi connectivity index (χ1v) is 10.9. The lowest BCUT2D eigenvalue weighted by Gasteiger charge is -2.18. The summed E-state index contributed by atoms with van der Waals surface area (Å²) in [5.41, 5.74) is 1.66. The van der Waals surface area contributed by atoms with Gasteiger partial charge in [-0.25, -0.2) is 4.98 Å². The largest absolute Gasteiger partial charge is 0.494 e. The Morgan fingerprint density at radius 1 is 1.06 bits per heavy atom. The van der Waals surface area contributed by atoms with Crippen molar-refractivity contribution in [1.29, 1.82) is 0 Å². The predicted molar refractivity (Wildman–Crippen MR) is 126 cm³/mol. The quantitative estimate of drug-likeness (QED) is 0.275. The molecule has 2 aromatic heterocycles. The van der Waals surface area contributed by atoms with Gasteiger partial charge in [0.15, 0.2) is 0 Å². The Morgan fingerprint density at radius 2 is 1.83 bits per heavy atom. The number of halogens is 3. The molecule has 0 fully saturated rings. The van der Waals surface area contributed by atoms with Gasteiger partial charge in [0.1, 0.15) is 12.0 Å². The summed E-state index contributed by atoms with van der Waals surface area (Å²) in [5, 5.41) is 7.69. The average molecular weight is 483 g/mol. The van der Waals surface area contributed by atoms with Crippen LogP contribution in [0.3, 0.4) is 0 Å². The van der Waals surface area contributed by atoms with Gasteiger partial charge in [0.05, 0.1) is 30.6 Å². The highest BCUT2D eigenvalue weighted by Crippen LogP contribution is 2.29. The lowest BCUT2D eigenvalue weighted by atomic mass is 10.1. The van der Waals surface area contributed by atoms with Gasteiger partial charge in [-0.2, -0.15) is 13.2 Å². The smallest absolute Gasteiger partial charge is 0.416 e. The van der Waals surface area contributed by atoms with Crippen LogP contribution in [0, 0.1) is 0 Å². The number of ether oxygens (including phenoxy) is 1. The Hall–Kier alpha value is -4.08. The van der Waals surface area contributed by atoms with E-state index in [1.54, 1.807) is 29.3 Å². The molecule has 0 amide bonds. The number of rotatable bonds is 10. The van der Waals surface area contributed by atoms with Crippen LogP contribution >= 0.6 is 0 Å². The van der Waals surface area contributed by atoms with Crippen LogP contribution in [-0.4, -0.2) is 33.6 Å². The molecule has 0 saturated carbocycles. The van der Waals surface area contributed by atoms with E-state index in [2.05, 4.69) is 15.3 Å². The molecule has 4 aromatic rings. The van der Waals surface area contributed by atoms with E-state index in [1.807, 2.05) is 42.4 Å². The molecule has 0 bridgehead atoms. The maximum atomic E-state index is 12.7. The predicted octanol–water partition coefficient (Wildman–Crippen LogP) is 5.56. The van der Waals surface area contributed by atoms with Gasteiger partial charge in [-0.05, 0) is 48.0 Å². The number of aryl methyl sites for hydroxylation is 1. The van der Waals surface area contributed by atoms with Gasteiger partial charge in [-0.1, -0.05) is 17.3 Å². The number of aromatic nitrogens is 4. The number of oxazole rings is 1. The summed E-state index contributed by atoms with van der Waals surface area (Å²) in [6.45, 7) is 1.85. The fraction of sp³-hybridized carbons (Fsp3) is 0.240. The molecule has 0 radical (unpaired) electrons. The summed E-state index contributed by atoms with van der Waals surface area (Å²) in [6, 6.07) is 12.7. The van der Waals surface area contributed by atoms with Crippen LogP contribution in [-0.2, 0) is 19.3 Å². The van der Waals surface area contributed by atoms with Crippen LogP contribution in [0.5, 0.6) is 5.75 Å². The van der Waals surface area contributed by atoms with Crippen molar-refractivity contribution in [3.8, 4) is 5.75 Å². The molecule has 0 atom stereocenters. The van der Waals surface area contributed by atoms with Gasteiger partial charge in [-0.15, -0.1) is 5.10 Å². The number of benzene rings is 2. The average Bonchev–Trinajstić information content (AvgIpc) is 3.53. The number of anilines is 1. The minimum atomic E-state index is -4.35. The molecular weight excluding hydrogens is 459 g/mol. The van der Waals surface area contributed by atoms with Crippen molar-refractivity contribution in [1.82, 2.24) is 20.0 Å². The zero-order chi connectivity index (χ0) is 24.7. The molecule has 0 aliphatic carbocycles. The zero-order valence-electron chi connectivity index (χ0n) is 19.0. The second kappa shape index (κ2) is 10.9. The molecular formula is C25H24F3N5O2. The minimum absolute atomic E-state index is 0.378. The summed E-state index contributed by atoms with van der Waals surface area (Å²) in [4.78, 5) is 6.45. The van der Waals surface area contributed by atoms with Crippen molar-refractivity contribution >= 4 is 17.8 Å². The molecule has 0 aliphatic heterocycles. The molecule has 2 aromatic carbocycles. The first kappa shape index (κ1) is 24.1. The molecule has 182 valence electrons. The number of alkyl halides is 3. The van der Waals surface area contributed by atoms with Crippen molar-refractivity contribution < 1.29 is 22.3 Å². The first-order valence-electron chi connectivity index (χ1n) is 10.9. The van der Waals surface area contributed by atoms with E-state index in [4.69, 9.17) is 9.15 Å². The van der Waals surface area contributed by atoms with Gasteiger partial charge < -0.3 is 14.1 Å². The van der Waals surface area contributed by atoms with Crippen molar-refractivity contribution in [2.75, 3.05) is 18.6 Å². The van der Waals surface area contributed by atoms with Crippen molar-refractivity contribution in [3.63, 3.8) is 0 Å². The minimum Gasteiger partial charge on any atom is -0.494 e. The third-order valence-electron chi connectivity index (χ3n) is 5.17. The molecule has 0 N–H and O–H groups in total. The molecule has 7 nitrogen and oxygen atoms in total. The van der Waals surface area contributed by atoms with Crippen LogP contribution in [0.1, 0.15) is 29.1 Å². The van der Waals surface area contributed by atoms with E-state index in [0.717, 1.165) is 42.2 Å². The Labute approximate surface area is 200 Å². The second-order valence-electron chi connectivity index (χ2n) is 7.85. The molecule has 0 spiro atoms. The summed E-state index contributed by atoms with van der Waals surface area (Å²) >= 11 is 0. The highest BCUT2D eigenvalue weighted by molar-refractivity contribution is 5.66. The van der Waals surface area contributed by atoms with E-state index >= 15 is 0 Å². The summed E-state index contributed by atoms with van der Waals surface area (Å²) in [6.07, 6.45) is 4.79. The van der Waals surface area contributed by atoms with E-state index in [-0.39, 0.29) is 0 Å². The van der Waals surface area contributed by atoms with Crippen molar-refractivity contribution in [3.05, 3.63) is 89.9 Å². The standard InChI is InChI=1S/C25H24F3N5O2/c1-32(22-8-10-23(11-9-22)34-16-2-14-33-15-13-29-31-33)17-21-18-35-24(30-21)12-5-19-3-6-20(7-4-19)25(26,27)28/h3-13,15,18H,2,14,16-17H2,1H3/b12-5+. The topological polar surface area (TPSA) is 69.2 Å². The maximum Gasteiger partial charge on any atom is 0.416 e. The van der Waals surface area contributed by atoms with Gasteiger partial charge in [-0.3, -0.25) is 4.68 Å². The van der Waals surface area contributed by atoms with Gasteiger partial charge in [0.25, 0.3) is 0 Å². The Balaban J connectivity index is 1.25. The Bertz CT molecular complexity index is 1220. The molecule has 0 aliphatic rings. The third-order valence-corrected chi connectivity index (χ3v) is 5.17. The second-order valence-corrected chi connectivity index (χ2v) is 7.85. The van der Waals surface area contributed by atoms with Gasteiger partial charge in [0.2, 0.25) is 5.89 Å². The summed E-state index contributed by atoms with van der Waals surface area (Å²) in [7, 11) is 1.94. The third kappa shape index (κ3) is 6.95. The van der Waals surface area contributed by atoms with Crippen molar-refractivity contribution in [2.24, 2.45) is 0 Å². The lowest BCUT2D eigenvalue weighted by molar-refractivity contribution is -0.137. The van der Waals surface area contributed by atoms with Gasteiger partial charge in [0, 0.05) is 38.0 Å². The normalized spacial score (nSPS) is 11.8. The molecule has 4 rings (SSSR count). The van der Waals surface area contributed by atoms with Crippen LogP contribution < -0.4 is 9.64 Å². The monoisotopic (exact) mass is 483 g/mol. The van der Waals surface area contributed by atoms with Crippen LogP contribution in [0.25, 0.3) is 12.2 Å². The molecule has 0 unspecified atom stereocenters. The SMILES string of the molecule is CN(Cc1coc(/C=C/c2ccc(C(F)(F)F)cc2)n1)c1ccc(OCCCn2ccnn2)cc1. The highest BCUT2D eigenvalue weighted by atomic mass is 19.4. The van der Waals surface area contributed by atoms with Crippen LogP contribution in [0.15, 0.2) is 71.6 Å². The van der Waals surface area contributed by atoms with Crippen LogP contribution in [0.2, 0.25) is 0 Å². The van der Waals surface area contributed by atoms with E-state index < -0.39 is 11.7 Å². The number of nitrogens with zero attached hydrogens (tertiary/aromatic N) is 5. The Kier molecular flexibility index (Phi) is 7.49. The molecule has 2 heterocycles. The fourth-order valence-electron chi connectivity index (χ4n) is 3.32. The first-order chi connectivity index (χ1) is 16.9. The molecule has 0 saturated heterocycles. The zero-order valence-corrected chi connectivity index (χ0v) is 19.0. The highest BCUT2D eigenvalue weighted by Gasteiger charge is 2.29. The van der Waals surface area contributed by atoms with Crippen molar-refractivity contribution in [2.45, 2.75) is 25.7 Å². The Morgan fingerprint density at radius 3 is 2.51 bits per heavy atom. The lowest BCUT2D eigenvalue weighted by Crippen LogP contribution is -2.16. The summed E-state index contributed by atoms with van der Waals surface area (Å²) < 4.78 is 51.0. The van der Waals surface area contributed by atoms with E-state index in [9.17, 15) is 13.2 Å². The summed E-state index contributed by atoms with van der Waals surface area (Å²) in [5.74, 6) is 1.17. The van der Waals surface area contributed by atoms with Crippen LogP contribution in [0.4, 0.5) is 18.9 Å². The number of hydrogen-bond donors (Lipinski definition) is 0. The fourth-order valence-corrected chi connectivity index (χ4v) is 3.32. The maximum absolute atomic E-state index is 12.7. The molecule has 10 heteroatoms. The van der Waals surface area contributed by atoms with Gasteiger partial charge >= 0.3 is 6.18 Å². The van der Waals surface area contributed by atoms with E-state index in [0.29, 0.717) is 24.6 Å².